The molecule has 0 fully saturated rings. The summed E-state index contributed by atoms with van der Waals surface area (Å²) in [5.74, 6) is 0. The molecule has 0 aliphatic carbocycles. The van der Waals surface area contributed by atoms with Crippen molar-refractivity contribution in [1.82, 2.24) is 4.31 Å². The molecule has 11 heavy (non-hydrogen) atoms. The predicted octanol–water partition coefficient (Wildman–Crippen LogP) is 1.54. The van der Waals surface area contributed by atoms with Gasteiger partial charge in [0.1, 0.15) is 0 Å². The van der Waals surface area contributed by atoms with Crippen LogP contribution in [-0.4, -0.2) is 24.6 Å². The molecule has 0 bridgehead atoms. The van der Waals surface area contributed by atoms with E-state index in [-0.39, 0.29) is 6.54 Å². The largest absolute Gasteiger partial charge is 0.330 e. The maximum Gasteiger partial charge on any atom is 0.330 e. The first kappa shape index (κ1) is 11.0. The van der Waals surface area contributed by atoms with Crippen LogP contribution in [0.1, 0.15) is 13.3 Å². The van der Waals surface area contributed by atoms with Gasteiger partial charge in [-0.25, -0.2) is 4.31 Å². The minimum absolute atomic E-state index is 0.00810. The molecule has 0 atom stereocenters. The number of halogens is 2. The Morgan fingerprint density at radius 3 is 2.09 bits per heavy atom. The lowest BCUT2D eigenvalue weighted by Gasteiger charge is -2.12. The fraction of sp³-hybridized carbons (Fsp3) is 0.750. The molecule has 0 aromatic rings. The summed E-state index contributed by atoms with van der Waals surface area (Å²) in [6.45, 7) is 1.71. The van der Waals surface area contributed by atoms with Crippen molar-refractivity contribution >= 4 is 36.9 Å². The van der Waals surface area contributed by atoms with Crippen LogP contribution in [0, 0.1) is 0 Å². The molecular weight excluding hydrogens is 213 g/mol. The van der Waals surface area contributed by atoms with E-state index in [9.17, 15) is 13.2 Å². The molecule has 0 N–H and O–H groups in total. The van der Waals surface area contributed by atoms with Crippen molar-refractivity contribution in [3.8, 4) is 0 Å². The average Bonchev–Trinajstić information content (AvgIpc) is 1.79. The normalized spacial score (nSPS) is 11.2. The predicted molar refractivity (Wildman–Crippen MR) is 43.0 cm³/mol. The molecular formula is C4H7Cl2NO3S. The summed E-state index contributed by atoms with van der Waals surface area (Å²) in [6, 6.07) is 0. The van der Waals surface area contributed by atoms with E-state index in [1.165, 1.54) is 0 Å². The second-order valence-corrected chi connectivity index (χ2v) is 4.53. The van der Waals surface area contributed by atoms with Crippen LogP contribution in [0.3, 0.4) is 0 Å². The molecule has 0 spiro atoms. The molecule has 7 heteroatoms. The topological polar surface area (TPSA) is 54.5 Å². The lowest BCUT2D eigenvalue weighted by molar-refractivity contribution is 0.245. The number of amides is 1. The minimum atomic E-state index is -4.00. The van der Waals surface area contributed by atoms with Crippen LogP contribution in [0.5, 0.6) is 0 Å². The number of nitrogens with zero attached hydrogens (tertiary/aromatic N) is 1. The second kappa shape index (κ2) is 4.13. The molecule has 0 aromatic heterocycles. The third-order valence-electron chi connectivity index (χ3n) is 0.886. The van der Waals surface area contributed by atoms with Gasteiger partial charge in [0.25, 0.3) is 0 Å². The summed E-state index contributed by atoms with van der Waals surface area (Å²) in [4.78, 5) is 10.4. The van der Waals surface area contributed by atoms with Gasteiger partial charge in [-0.1, -0.05) is 6.92 Å². The van der Waals surface area contributed by atoms with E-state index in [0.29, 0.717) is 10.7 Å². The highest BCUT2D eigenvalue weighted by Gasteiger charge is 2.22. The zero-order valence-corrected chi connectivity index (χ0v) is 8.08. The molecule has 4 nitrogen and oxygen atoms in total. The Morgan fingerprint density at radius 1 is 1.55 bits per heavy atom. The van der Waals surface area contributed by atoms with E-state index in [4.69, 9.17) is 22.3 Å². The van der Waals surface area contributed by atoms with Crippen LogP contribution >= 0.6 is 22.3 Å². The van der Waals surface area contributed by atoms with Crippen LogP contribution < -0.4 is 0 Å². The average molecular weight is 220 g/mol. The maximum atomic E-state index is 10.5. The van der Waals surface area contributed by atoms with E-state index < -0.39 is 14.6 Å². The monoisotopic (exact) mass is 219 g/mol. The first-order chi connectivity index (χ1) is 4.89. The highest BCUT2D eigenvalue weighted by Crippen LogP contribution is 2.10. The molecule has 0 aromatic carbocycles. The van der Waals surface area contributed by atoms with Crippen LogP contribution in [0.2, 0.25) is 0 Å². The Balaban J connectivity index is 4.49. The second-order valence-electron chi connectivity index (χ2n) is 1.77. The first-order valence-electron chi connectivity index (χ1n) is 2.81. The maximum absolute atomic E-state index is 10.5. The Bertz CT molecular complexity index is 238. The molecule has 0 heterocycles. The van der Waals surface area contributed by atoms with Crippen molar-refractivity contribution in [2.45, 2.75) is 13.3 Å². The van der Waals surface area contributed by atoms with Crippen molar-refractivity contribution in [1.29, 1.82) is 0 Å². The summed E-state index contributed by atoms with van der Waals surface area (Å²) in [7, 11) is 0.864. The third-order valence-corrected chi connectivity index (χ3v) is 2.56. The summed E-state index contributed by atoms with van der Waals surface area (Å²) < 4.78 is 21.5. The summed E-state index contributed by atoms with van der Waals surface area (Å²) in [6.07, 6.45) is 0.477. The van der Waals surface area contributed by atoms with E-state index in [2.05, 4.69) is 0 Å². The molecule has 0 aliphatic heterocycles. The quantitative estimate of drug-likeness (QED) is 0.535. The van der Waals surface area contributed by atoms with Crippen molar-refractivity contribution in [2.75, 3.05) is 6.54 Å². The Labute approximate surface area is 74.6 Å². The molecule has 1 amide bonds. The van der Waals surface area contributed by atoms with E-state index in [1.807, 2.05) is 0 Å². The highest BCUT2D eigenvalue weighted by molar-refractivity contribution is 8.12. The van der Waals surface area contributed by atoms with Gasteiger partial charge in [0, 0.05) is 17.2 Å². The fourth-order valence-corrected chi connectivity index (χ4v) is 1.92. The standard InChI is InChI=1S/C4H7Cl2NO3S/c1-2-3-7(4(5)8)11(6,9)10/h2-3H2,1H3. The number of carbonyl (C=O) groups is 1. The van der Waals surface area contributed by atoms with Crippen molar-refractivity contribution in [3.05, 3.63) is 0 Å². The molecule has 66 valence electrons. The van der Waals surface area contributed by atoms with Gasteiger partial charge in [0.2, 0.25) is 0 Å². The molecule has 0 unspecified atom stereocenters. The lowest BCUT2D eigenvalue weighted by atomic mass is 10.5. The third kappa shape index (κ3) is 3.79. The van der Waals surface area contributed by atoms with Gasteiger partial charge < -0.3 is 0 Å². The Kier molecular flexibility index (Phi) is 4.13. The first-order valence-corrected chi connectivity index (χ1v) is 5.45. The van der Waals surface area contributed by atoms with Gasteiger partial charge in [-0.05, 0) is 18.0 Å². The van der Waals surface area contributed by atoms with Crippen LogP contribution in [0.15, 0.2) is 0 Å². The fourth-order valence-electron chi connectivity index (χ4n) is 0.486. The summed E-state index contributed by atoms with van der Waals surface area (Å²) in [5.41, 5.74) is 0. The molecule has 0 radical (unpaired) electrons. The minimum Gasteiger partial charge on any atom is -0.254 e. The van der Waals surface area contributed by atoms with Crippen LogP contribution in [0.4, 0.5) is 4.79 Å². The molecule has 0 rings (SSSR count). The Morgan fingerprint density at radius 2 is 2.00 bits per heavy atom. The number of hydrogen-bond acceptors (Lipinski definition) is 3. The van der Waals surface area contributed by atoms with Crippen molar-refractivity contribution in [2.24, 2.45) is 0 Å². The SMILES string of the molecule is CCCN(C(=O)Cl)S(=O)(=O)Cl. The number of rotatable bonds is 3. The summed E-state index contributed by atoms with van der Waals surface area (Å²) in [5, 5.41) is -1.08. The molecule has 0 aliphatic rings. The van der Waals surface area contributed by atoms with Gasteiger partial charge in [0.05, 0.1) is 0 Å². The highest BCUT2D eigenvalue weighted by atomic mass is 35.7. The van der Waals surface area contributed by atoms with Gasteiger partial charge in [0.15, 0.2) is 0 Å². The van der Waals surface area contributed by atoms with Gasteiger partial charge in [-0.3, -0.25) is 4.79 Å². The zero-order valence-electron chi connectivity index (χ0n) is 5.75. The van der Waals surface area contributed by atoms with Gasteiger partial charge in [-0.15, -0.1) is 0 Å². The zero-order chi connectivity index (χ0) is 9.07. The van der Waals surface area contributed by atoms with Gasteiger partial charge >= 0.3 is 14.6 Å². The van der Waals surface area contributed by atoms with Crippen LogP contribution in [-0.2, 0) is 9.24 Å². The van der Waals surface area contributed by atoms with E-state index >= 15 is 0 Å². The van der Waals surface area contributed by atoms with Gasteiger partial charge in [-0.2, -0.15) is 8.42 Å². The van der Waals surface area contributed by atoms with Crippen molar-refractivity contribution in [3.63, 3.8) is 0 Å². The van der Waals surface area contributed by atoms with E-state index in [1.54, 1.807) is 6.92 Å². The van der Waals surface area contributed by atoms with Crippen LogP contribution in [0.25, 0.3) is 0 Å². The number of carbonyl (C=O) groups excluding carboxylic acids is 1. The Hall–Kier alpha value is -0.000000000000000111. The summed E-state index contributed by atoms with van der Waals surface area (Å²) >= 11 is 4.93. The van der Waals surface area contributed by atoms with Crippen molar-refractivity contribution < 1.29 is 13.2 Å². The lowest BCUT2D eigenvalue weighted by Crippen LogP contribution is -2.30. The molecule has 0 saturated heterocycles. The smallest absolute Gasteiger partial charge is 0.254 e. The van der Waals surface area contributed by atoms with E-state index in [0.717, 1.165) is 0 Å². The number of hydrogen-bond donors (Lipinski definition) is 0. The molecule has 0 saturated carbocycles.